The molecular formula is C28H51NO8. The monoisotopic (exact) mass is 529 g/mol. The Hall–Kier alpha value is -2.16. The molecule has 0 saturated carbocycles. The molecule has 0 aromatic rings. The Morgan fingerprint density at radius 1 is 0.757 bits per heavy atom. The number of hydrogen-bond acceptors (Lipinski definition) is 8. The Labute approximate surface area is 223 Å². The Morgan fingerprint density at radius 3 is 1.92 bits per heavy atom. The molecule has 1 N–H and O–H groups in total. The summed E-state index contributed by atoms with van der Waals surface area (Å²) in [6, 6.07) is -0.858. The fraction of sp³-hybridized carbons (Fsp3) is 0.857. The van der Waals surface area contributed by atoms with Gasteiger partial charge in [0.2, 0.25) is 5.91 Å². The van der Waals surface area contributed by atoms with Crippen molar-refractivity contribution < 1.29 is 38.5 Å². The van der Waals surface area contributed by atoms with Gasteiger partial charge >= 0.3 is 17.9 Å². The van der Waals surface area contributed by atoms with E-state index < -0.39 is 23.6 Å². The van der Waals surface area contributed by atoms with Crippen molar-refractivity contribution in [2.45, 2.75) is 130 Å². The average Bonchev–Trinajstić information content (AvgIpc) is 2.82. The van der Waals surface area contributed by atoms with Gasteiger partial charge in [-0.05, 0) is 47.0 Å². The summed E-state index contributed by atoms with van der Waals surface area (Å²) in [6.07, 6.45) is 7.84. The number of aliphatic hydroxyl groups is 1. The summed E-state index contributed by atoms with van der Waals surface area (Å²) in [5.74, 6) is -1.57. The van der Waals surface area contributed by atoms with Gasteiger partial charge in [0.1, 0.15) is 6.04 Å². The Kier molecular flexibility index (Phi) is 19.6. The largest absolute Gasteiger partial charge is 0.466 e. The van der Waals surface area contributed by atoms with Gasteiger partial charge in [-0.15, -0.1) is 0 Å². The first-order chi connectivity index (χ1) is 17.6. The summed E-state index contributed by atoms with van der Waals surface area (Å²) in [4.78, 5) is 51.2. The molecular weight excluding hydrogens is 478 g/mol. The molecule has 9 heteroatoms. The molecule has 0 heterocycles. The smallest absolute Gasteiger partial charge is 0.328 e. The quantitative estimate of drug-likeness (QED) is 0.122. The predicted molar refractivity (Wildman–Crippen MR) is 142 cm³/mol. The number of carbonyl (C=O) groups is 4. The molecule has 0 aromatic heterocycles. The molecule has 1 amide bonds. The maximum Gasteiger partial charge on any atom is 0.328 e. The molecule has 0 bridgehead atoms. The second-order valence-corrected chi connectivity index (χ2v) is 9.65. The standard InChI is InChI=1S/C28H51NO8/c1-6-10-11-16-20-28(5,34)22-24(30)29(21-19-26(32)36-8-3)23(27(33)37-9-4)17-14-12-13-15-18-25(31)35-7-2/h23,34H,6-22H2,1-5H3. The van der Waals surface area contributed by atoms with Gasteiger partial charge in [0, 0.05) is 13.0 Å². The third-order valence-corrected chi connectivity index (χ3v) is 6.13. The van der Waals surface area contributed by atoms with Crippen molar-refractivity contribution in [2.24, 2.45) is 0 Å². The highest BCUT2D eigenvalue weighted by Gasteiger charge is 2.34. The lowest BCUT2D eigenvalue weighted by Crippen LogP contribution is -2.49. The van der Waals surface area contributed by atoms with Crippen LogP contribution in [0.3, 0.4) is 0 Å². The number of unbranched alkanes of at least 4 members (excludes halogenated alkanes) is 6. The van der Waals surface area contributed by atoms with Gasteiger partial charge in [-0.25, -0.2) is 4.79 Å². The SMILES string of the molecule is CCCCCCC(C)(O)CC(=O)N(CCC(=O)OCC)C(CCCCCCC(=O)OCC)C(=O)OCC. The van der Waals surface area contributed by atoms with E-state index in [4.69, 9.17) is 14.2 Å². The van der Waals surface area contributed by atoms with Gasteiger partial charge < -0.3 is 24.2 Å². The highest BCUT2D eigenvalue weighted by atomic mass is 16.5. The molecule has 0 rings (SSSR count). The second kappa shape index (κ2) is 20.8. The van der Waals surface area contributed by atoms with Gasteiger partial charge in [0.05, 0.1) is 38.3 Å². The van der Waals surface area contributed by atoms with Crippen LogP contribution in [0.1, 0.15) is 118 Å². The van der Waals surface area contributed by atoms with Crippen molar-refractivity contribution in [3.05, 3.63) is 0 Å². The zero-order chi connectivity index (χ0) is 28.1. The minimum atomic E-state index is -1.21. The first-order valence-electron chi connectivity index (χ1n) is 14.1. The van der Waals surface area contributed by atoms with Crippen LogP contribution in [0.2, 0.25) is 0 Å². The molecule has 0 aromatic carbocycles. The summed E-state index contributed by atoms with van der Waals surface area (Å²) in [5, 5.41) is 10.9. The molecule has 0 spiro atoms. The van der Waals surface area contributed by atoms with E-state index in [0.717, 1.165) is 38.5 Å². The van der Waals surface area contributed by atoms with E-state index >= 15 is 0 Å². The van der Waals surface area contributed by atoms with Crippen molar-refractivity contribution in [3.63, 3.8) is 0 Å². The van der Waals surface area contributed by atoms with E-state index in [1.807, 2.05) is 0 Å². The van der Waals surface area contributed by atoms with Gasteiger partial charge in [-0.3, -0.25) is 14.4 Å². The third kappa shape index (κ3) is 17.1. The number of nitrogens with zero attached hydrogens (tertiary/aromatic N) is 1. The van der Waals surface area contributed by atoms with E-state index in [1.165, 1.54) is 4.90 Å². The minimum Gasteiger partial charge on any atom is -0.466 e. The zero-order valence-electron chi connectivity index (χ0n) is 23.9. The van der Waals surface area contributed by atoms with Crippen molar-refractivity contribution in [3.8, 4) is 0 Å². The maximum absolute atomic E-state index is 13.4. The van der Waals surface area contributed by atoms with Crippen molar-refractivity contribution in [2.75, 3.05) is 26.4 Å². The molecule has 2 unspecified atom stereocenters. The normalized spacial score (nSPS) is 13.4. The van der Waals surface area contributed by atoms with Gasteiger partial charge in [-0.2, -0.15) is 0 Å². The highest BCUT2D eigenvalue weighted by molar-refractivity contribution is 5.85. The van der Waals surface area contributed by atoms with Crippen LogP contribution in [0.5, 0.6) is 0 Å². The molecule has 0 saturated heterocycles. The van der Waals surface area contributed by atoms with Crippen molar-refractivity contribution >= 4 is 23.8 Å². The lowest BCUT2D eigenvalue weighted by Gasteiger charge is -2.33. The molecule has 9 nitrogen and oxygen atoms in total. The van der Waals surface area contributed by atoms with Gasteiger partial charge in [0.15, 0.2) is 0 Å². The second-order valence-electron chi connectivity index (χ2n) is 9.65. The summed E-state index contributed by atoms with van der Waals surface area (Å²) in [7, 11) is 0. The summed E-state index contributed by atoms with van der Waals surface area (Å²) >= 11 is 0. The summed E-state index contributed by atoms with van der Waals surface area (Å²) in [5.41, 5.74) is -1.21. The van der Waals surface area contributed by atoms with Crippen molar-refractivity contribution in [1.29, 1.82) is 0 Å². The fourth-order valence-corrected chi connectivity index (χ4v) is 4.18. The van der Waals surface area contributed by atoms with Gasteiger partial charge in [-0.1, -0.05) is 51.9 Å². The van der Waals surface area contributed by atoms with Crippen LogP contribution in [0, 0.1) is 0 Å². The maximum atomic E-state index is 13.4. The number of esters is 3. The van der Waals surface area contributed by atoms with Crippen molar-refractivity contribution in [1.82, 2.24) is 4.90 Å². The van der Waals surface area contributed by atoms with E-state index in [-0.39, 0.29) is 44.5 Å². The lowest BCUT2D eigenvalue weighted by molar-refractivity contribution is -0.158. The molecule has 0 aliphatic carbocycles. The highest BCUT2D eigenvalue weighted by Crippen LogP contribution is 2.23. The summed E-state index contributed by atoms with van der Waals surface area (Å²) in [6.45, 7) is 9.71. The van der Waals surface area contributed by atoms with Crippen LogP contribution in [0.25, 0.3) is 0 Å². The van der Waals surface area contributed by atoms with Gasteiger partial charge in [0.25, 0.3) is 0 Å². The van der Waals surface area contributed by atoms with Crippen LogP contribution in [-0.4, -0.2) is 71.8 Å². The molecule has 37 heavy (non-hydrogen) atoms. The third-order valence-electron chi connectivity index (χ3n) is 6.13. The molecule has 0 radical (unpaired) electrons. The van der Waals surface area contributed by atoms with E-state index in [1.54, 1.807) is 27.7 Å². The molecule has 0 aliphatic heterocycles. The molecule has 2 atom stereocenters. The number of ether oxygens (including phenoxy) is 3. The molecule has 0 aliphatic rings. The number of rotatable bonds is 22. The Balaban J connectivity index is 5.35. The number of amides is 1. The van der Waals surface area contributed by atoms with Crippen LogP contribution < -0.4 is 0 Å². The van der Waals surface area contributed by atoms with E-state index in [2.05, 4.69) is 6.92 Å². The Bertz CT molecular complexity index is 665. The topological polar surface area (TPSA) is 119 Å². The van der Waals surface area contributed by atoms with Crippen LogP contribution in [-0.2, 0) is 33.4 Å². The lowest BCUT2D eigenvalue weighted by atomic mass is 9.93. The minimum absolute atomic E-state index is 0.00984. The van der Waals surface area contributed by atoms with E-state index in [0.29, 0.717) is 38.7 Å². The predicted octanol–water partition coefficient (Wildman–Crippen LogP) is 4.72. The van der Waals surface area contributed by atoms with Crippen LogP contribution in [0.4, 0.5) is 0 Å². The Morgan fingerprint density at radius 2 is 1.32 bits per heavy atom. The van der Waals surface area contributed by atoms with Crippen LogP contribution in [0.15, 0.2) is 0 Å². The summed E-state index contributed by atoms with van der Waals surface area (Å²) < 4.78 is 15.2. The average molecular weight is 530 g/mol. The fourth-order valence-electron chi connectivity index (χ4n) is 4.18. The van der Waals surface area contributed by atoms with E-state index in [9.17, 15) is 24.3 Å². The zero-order valence-corrected chi connectivity index (χ0v) is 23.9. The number of hydrogen-bond donors (Lipinski definition) is 1. The number of carbonyl (C=O) groups excluding carboxylic acids is 4. The molecule has 0 fully saturated rings. The first kappa shape index (κ1) is 34.8. The molecule has 216 valence electrons. The van der Waals surface area contributed by atoms with Crippen LogP contribution >= 0.6 is 0 Å². The first-order valence-corrected chi connectivity index (χ1v) is 14.1.